The van der Waals surface area contributed by atoms with Gasteiger partial charge in [0.1, 0.15) is 0 Å². The molecule has 0 amide bonds. The number of nitrogens with one attached hydrogen (secondary N) is 2. The topological polar surface area (TPSA) is 50.1 Å². The maximum absolute atomic E-state index is 5.12. The largest absolute Gasteiger partial charge is 0.300 e. The Bertz CT molecular complexity index is 166. The van der Waals surface area contributed by atoms with Crippen LogP contribution in [0.1, 0.15) is 13.3 Å². The highest BCUT2D eigenvalue weighted by atomic mass is 32.1. The summed E-state index contributed by atoms with van der Waals surface area (Å²) in [7, 11) is 0. The summed E-state index contributed by atoms with van der Waals surface area (Å²) >= 11 is 4.08. The predicted molar refractivity (Wildman–Crippen MR) is 61.6 cm³/mol. The van der Waals surface area contributed by atoms with Gasteiger partial charge in [-0.1, -0.05) is 30.7 Å². The zero-order chi connectivity index (χ0) is 9.94. The van der Waals surface area contributed by atoms with Crippen molar-refractivity contribution < 1.29 is 0 Å². The second-order valence-electron chi connectivity index (χ2n) is 2.60. The van der Waals surface area contributed by atoms with Gasteiger partial charge in [-0.15, -0.1) is 0 Å². The van der Waals surface area contributed by atoms with Crippen LogP contribution in [0.3, 0.4) is 0 Å². The van der Waals surface area contributed by atoms with E-state index >= 15 is 0 Å². The minimum Gasteiger partial charge on any atom is -0.300 e. The van der Waals surface area contributed by atoms with E-state index in [2.05, 4.69) is 36.4 Å². The van der Waals surface area contributed by atoms with Gasteiger partial charge in [-0.3, -0.25) is 11.2 Å². The van der Waals surface area contributed by atoms with Crippen LogP contribution in [0, 0.1) is 0 Å². The molecule has 4 heteroatoms. The van der Waals surface area contributed by atoms with Crippen molar-refractivity contribution in [3.05, 3.63) is 23.8 Å². The van der Waals surface area contributed by atoms with Crippen LogP contribution in [0.5, 0.6) is 0 Å². The van der Waals surface area contributed by atoms with Gasteiger partial charge in [-0.2, -0.15) is 12.6 Å². The fraction of sp³-hybridized carbons (Fsp3) is 0.556. The highest BCUT2D eigenvalue weighted by molar-refractivity contribution is 7.80. The lowest BCUT2D eigenvalue weighted by atomic mass is 10.2. The predicted octanol–water partition coefficient (Wildman–Crippen LogP) is 0.819. The zero-order valence-corrected chi connectivity index (χ0v) is 8.98. The molecule has 0 fully saturated rings. The van der Waals surface area contributed by atoms with Crippen LogP contribution < -0.4 is 16.6 Å². The Morgan fingerprint density at radius 2 is 2.31 bits per heavy atom. The Labute approximate surface area is 85.8 Å². The Kier molecular flexibility index (Phi) is 9.58. The summed E-state index contributed by atoms with van der Waals surface area (Å²) in [6.07, 6.45) is 7.21. The van der Waals surface area contributed by atoms with Crippen molar-refractivity contribution in [1.29, 1.82) is 0 Å². The van der Waals surface area contributed by atoms with Crippen LogP contribution in [-0.4, -0.2) is 19.0 Å². The molecule has 0 radical (unpaired) electrons. The Hall–Kier alpha value is -0.290. The number of hydrazine groups is 1. The van der Waals surface area contributed by atoms with Crippen molar-refractivity contribution in [3.63, 3.8) is 0 Å². The van der Waals surface area contributed by atoms with Crippen LogP contribution in [-0.2, 0) is 0 Å². The van der Waals surface area contributed by atoms with Crippen LogP contribution in [0.4, 0.5) is 0 Å². The lowest BCUT2D eigenvalue weighted by Crippen LogP contribution is -2.34. The van der Waals surface area contributed by atoms with Crippen molar-refractivity contribution in [2.24, 2.45) is 5.84 Å². The molecule has 76 valence electrons. The molecule has 0 saturated heterocycles. The molecule has 0 saturated carbocycles. The average Bonchev–Trinajstić information content (AvgIpc) is 2.16. The molecule has 0 aliphatic heterocycles. The van der Waals surface area contributed by atoms with E-state index in [1.165, 1.54) is 5.57 Å². The Morgan fingerprint density at radius 3 is 2.85 bits per heavy atom. The third-order valence-electron chi connectivity index (χ3n) is 1.61. The number of hydrogen-bond acceptors (Lipinski definition) is 4. The molecule has 0 spiro atoms. The van der Waals surface area contributed by atoms with E-state index in [9.17, 15) is 0 Å². The second kappa shape index (κ2) is 9.80. The molecule has 0 aromatic heterocycles. The Balaban J connectivity index is 3.73. The first-order valence-electron chi connectivity index (χ1n) is 4.44. The number of hydrogen-bond donors (Lipinski definition) is 4. The maximum atomic E-state index is 5.12. The van der Waals surface area contributed by atoms with Gasteiger partial charge >= 0.3 is 0 Å². The van der Waals surface area contributed by atoms with Crippen LogP contribution in [0.2, 0.25) is 0 Å². The van der Waals surface area contributed by atoms with Crippen molar-refractivity contribution >= 4 is 12.6 Å². The molecule has 3 nitrogen and oxygen atoms in total. The summed E-state index contributed by atoms with van der Waals surface area (Å²) in [6, 6.07) is 0. The van der Waals surface area contributed by atoms with E-state index in [0.717, 1.165) is 18.7 Å². The van der Waals surface area contributed by atoms with Gasteiger partial charge in [0.25, 0.3) is 0 Å². The minimum atomic E-state index is 0.633. The highest BCUT2D eigenvalue weighted by Gasteiger charge is 1.90. The van der Waals surface area contributed by atoms with Crippen molar-refractivity contribution in [1.82, 2.24) is 10.7 Å². The van der Waals surface area contributed by atoms with Crippen molar-refractivity contribution in [3.8, 4) is 0 Å². The third kappa shape index (κ3) is 8.05. The van der Waals surface area contributed by atoms with Crippen LogP contribution in [0.25, 0.3) is 0 Å². The molecule has 0 atom stereocenters. The van der Waals surface area contributed by atoms with Gasteiger partial charge in [0, 0.05) is 12.3 Å². The lowest BCUT2D eigenvalue weighted by Gasteiger charge is -2.05. The molecule has 0 unspecified atom stereocenters. The quantitative estimate of drug-likeness (QED) is 0.123. The van der Waals surface area contributed by atoms with Gasteiger partial charge < -0.3 is 0 Å². The van der Waals surface area contributed by atoms with Gasteiger partial charge in [0.05, 0.1) is 6.67 Å². The highest BCUT2D eigenvalue weighted by Crippen LogP contribution is 1.98. The van der Waals surface area contributed by atoms with Gasteiger partial charge in [0.15, 0.2) is 0 Å². The molecule has 13 heavy (non-hydrogen) atoms. The third-order valence-corrected chi connectivity index (χ3v) is 1.82. The molecule has 0 aromatic carbocycles. The molecule has 0 heterocycles. The fourth-order valence-corrected chi connectivity index (χ4v) is 0.984. The first-order chi connectivity index (χ1) is 6.35. The summed E-state index contributed by atoms with van der Waals surface area (Å²) in [5.41, 5.74) is 3.90. The average molecular weight is 201 g/mol. The standard InChI is InChI=1S/C9H19N3S/c1-2-9(5-3-4-6-13)7-11-8-12-10/h3-5,11-13H,2,6-8,10H2,1H3/b4-3-,9-5+. The lowest BCUT2D eigenvalue weighted by molar-refractivity contribution is 0.622. The van der Waals surface area contributed by atoms with Gasteiger partial charge in [0.2, 0.25) is 0 Å². The second-order valence-corrected chi connectivity index (χ2v) is 2.96. The molecule has 0 bridgehead atoms. The van der Waals surface area contributed by atoms with E-state index in [1.807, 2.05) is 12.2 Å². The Morgan fingerprint density at radius 1 is 1.54 bits per heavy atom. The number of rotatable bonds is 7. The molecule has 0 rings (SSSR count). The molecule has 0 aliphatic rings. The van der Waals surface area contributed by atoms with E-state index in [4.69, 9.17) is 5.84 Å². The normalized spacial score (nSPS) is 12.7. The summed E-state index contributed by atoms with van der Waals surface area (Å²) in [6.45, 7) is 3.64. The van der Waals surface area contributed by atoms with Crippen molar-refractivity contribution in [2.75, 3.05) is 19.0 Å². The smallest absolute Gasteiger partial charge is 0.0589 e. The minimum absolute atomic E-state index is 0.633. The SMILES string of the molecule is CC/C(=C\C=C/CS)CNCNN. The first-order valence-corrected chi connectivity index (χ1v) is 5.08. The molecular formula is C9H19N3S. The summed E-state index contributed by atoms with van der Waals surface area (Å²) in [5.74, 6) is 5.90. The number of thiol groups is 1. The monoisotopic (exact) mass is 201 g/mol. The number of allylic oxidation sites excluding steroid dienone is 2. The fourth-order valence-electron chi connectivity index (χ4n) is 0.862. The van der Waals surface area contributed by atoms with Crippen molar-refractivity contribution in [2.45, 2.75) is 13.3 Å². The molecule has 4 N–H and O–H groups in total. The zero-order valence-electron chi connectivity index (χ0n) is 8.09. The summed E-state index contributed by atoms with van der Waals surface area (Å²) < 4.78 is 0. The molecule has 0 aromatic rings. The van der Waals surface area contributed by atoms with Crippen LogP contribution in [0.15, 0.2) is 23.8 Å². The maximum Gasteiger partial charge on any atom is 0.0589 e. The van der Waals surface area contributed by atoms with E-state index in [-0.39, 0.29) is 0 Å². The molecular weight excluding hydrogens is 182 g/mol. The van der Waals surface area contributed by atoms with Gasteiger partial charge in [-0.25, -0.2) is 5.43 Å². The van der Waals surface area contributed by atoms with Crippen LogP contribution >= 0.6 is 12.6 Å². The summed E-state index contributed by atoms with van der Waals surface area (Å²) in [5, 5.41) is 3.16. The first kappa shape index (κ1) is 12.7. The summed E-state index contributed by atoms with van der Waals surface area (Å²) in [4.78, 5) is 0. The van der Waals surface area contributed by atoms with E-state index in [0.29, 0.717) is 6.67 Å². The number of nitrogens with two attached hydrogens (primary N) is 1. The van der Waals surface area contributed by atoms with E-state index in [1.54, 1.807) is 0 Å². The van der Waals surface area contributed by atoms with E-state index < -0.39 is 0 Å². The molecule has 0 aliphatic carbocycles. The van der Waals surface area contributed by atoms with Gasteiger partial charge in [-0.05, 0) is 6.42 Å².